The van der Waals surface area contributed by atoms with Crippen molar-refractivity contribution >= 4 is 39.6 Å². The van der Waals surface area contributed by atoms with E-state index in [4.69, 9.17) is 9.47 Å². The molecule has 0 radical (unpaired) electrons. The van der Waals surface area contributed by atoms with Crippen molar-refractivity contribution < 1.29 is 22.7 Å². The van der Waals surface area contributed by atoms with E-state index in [0.29, 0.717) is 18.0 Å². The number of hydrazone groups is 1. The normalized spacial score (nSPS) is 11.5. The van der Waals surface area contributed by atoms with Crippen LogP contribution in [-0.4, -0.2) is 46.1 Å². The molecule has 3 aromatic carbocycles. The Balaban J connectivity index is 1.78. The van der Waals surface area contributed by atoms with E-state index in [2.05, 4.69) is 10.5 Å². The molecule has 1 amide bonds. The number of nitrogens with one attached hydrogen (secondary N) is 1. The zero-order valence-electron chi connectivity index (χ0n) is 21.2. The summed E-state index contributed by atoms with van der Waals surface area (Å²) >= 11 is 1.51. The molecule has 0 bridgehead atoms. The van der Waals surface area contributed by atoms with E-state index in [0.717, 1.165) is 20.5 Å². The molecule has 37 heavy (non-hydrogen) atoms. The van der Waals surface area contributed by atoms with Crippen LogP contribution in [0.25, 0.3) is 0 Å². The van der Waals surface area contributed by atoms with E-state index >= 15 is 0 Å². The number of amides is 1. The number of ether oxygens (including phenoxy) is 2. The van der Waals surface area contributed by atoms with Crippen LogP contribution in [-0.2, 0) is 14.8 Å². The Labute approximate surface area is 222 Å². The van der Waals surface area contributed by atoms with Crippen LogP contribution in [0.4, 0.5) is 5.69 Å². The fourth-order valence-electron chi connectivity index (χ4n) is 3.31. The number of carbonyl (C=O) groups is 1. The molecule has 0 fully saturated rings. The summed E-state index contributed by atoms with van der Waals surface area (Å²) in [5, 5.41) is 3.99. The van der Waals surface area contributed by atoms with E-state index in [1.807, 2.05) is 51.3 Å². The lowest BCUT2D eigenvalue weighted by Crippen LogP contribution is -2.39. The molecule has 3 rings (SSSR count). The standard InChI is InChI=1S/C27H31N3O5S2/c1-5-34-23-12-8-22(9-13-23)30(37(32,33)26-16-14-25(36-4)15-17-26)19-27(31)29-28-18-21-6-10-24(11-7-21)35-20(2)3/h6-18,20H,5,19H2,1-4H3,(H,29,31). The zero-order chi connectivity index (χ0) is 26.8. The monoisotopic (exact) mass is 541 g/mol. The quantitative estimate of drug-likeness (QED) is 0.198. The average Bonchev–Trinajstić information content (AvgIpc) is 2.89. The average molecular weight is 542 g/mol. The number of anilines is 1. The Morgan fingerprint density at radius 1 is 1.00 bits per heavy atom. The predicted octanol–water partition coefficient (Wildman–Crippen LogP) is 4.94. The van der Waals surface area contributed by atoms with Gasteiger partial charge in [0.25, 0.3) is 15.9 Å². The Morgan fingerprint density at radius 2 is 1.62 bits per heavy atom. The fraction of sp³-hybridized carbons (Fsp3) is 0.259. The van der Waals surface area contributed by atoms with Gasteiger partial charge in [-0.15, -0.1) is 11.8 Å². The van der Waals surface area contributed by atoms with E-state index < -0.39 is 22.5 Å². The molecule has 0 spiro atoms. The van der Waals surface area contributed by atoms with Crippen LogP contribution in [0.3, 0.4) is 0 Å². The minimum atomic E-state index is -4.03. The van der Waals surface area contributed by atoms with Gasteiger partial charge in [0.05, 0.1) is 29.5 Å². The van der Waals surface area contributed by atoms with Gasteiger partial charge in [-0.1, -0.05) is 0 Å². The second kappa shape index (κ2) is 13.2. The highest BCUT2D eigenvalue weighted by molar-refractivity contribution is 7.98. The van der Waals surface area contributed by atoms with Crippen molar-refractivity contribution in [1.29, 1.82) is 0 Å². The molecule has 0 saturated heterocycles. The fourth-order valence-corrected chi connectivity index (χ4v) is 5.14. The molecule has 0 aromatic heterocycles. The van der Waals surface area contributed by atoms with Gasteiger partial charge >= 0.3 is 0 Å². The molecular formula is C27H31N3O5S2. The first-order valence-corrected chi connectivity index (χ1v) is 14.4. The highest BCUT2D eigenvalue weighted by Gasteiger charge is 2.27. The van der Waals surface area contributed by atoms with Gasteiger partial charge in [0.2, 0.25) is 0 Å². The number of hydrogen-bond donors (Lipinski definition) is 1. The van der Waals surface area contributed by atoms with Crippen LogP contribution in [0.15, 0.2) is 87.7 Å². The number of hydrogen-bond acceptors (Lipinski definition) is 7. The highest BCUT2D eigenvalue weighted by Crippen LogP contribution is 2.27. The SMILES string of the molecule is CCOc1ccc(N(CC(=O)NN=Cc2ccc(OC(C)C)cc2)S(=O)(=O)c2ccc(SC)cc2)cc1. The van der Waals surface area contributed by atoms with Gasteiger partial charge in [-0.2, -0.15) is 5.10 Å². The van der Waals surface area contributed by atoms with Crippen molar-refractivity contribution in [2.24, 2.45) is 5.10 Å². The van der Waals surface area contributed by atoms with Gasteiger partial charge in [0.1, 0.15) is 18.0 Å². The van der Waals surface area contributed by atoms with Crippen molar-refractivity contribution in [2.45, 2.75) is 36.7 Å². The van der Waals surface area contributed by atoms with E-state index in [1.165, 1.54) is 30.1 Å². The molecule has 0 heterocycles. The molecule has 0 aliphatic heterocycles. The third-order valence-electron chi connectivity index (χ3n) is 5.03. The van der Waals surface area contributed by atoms with Gasteiger partial charge in [0.15, 0.2) is 0 Å². The predicted molar refractivity (Wildman–Crippen MR) is 148 cm³/mol. The molecule has 8 nitrogen and oxygen atoms in total. The smallest absolute Gasteiger partial charge is 0.264 e. The number of thioether (sulfide) groups is 1. The van der Waals surface area contributed by atoms with Crippen molar-refractivity contribution in [3.05, 3.63) is 78.4 Å². The second-order valence-electron chi connectivity index (χ2n) is 8.14. The summed E-state index contributed by atoms with van der Waals surface area (Å²) in [7, 11) is -4.03. The Hall–Kier alpha value is -3.50. The third-order valence-corrected chi connectivity index (χ3v) is 7.56. The van der Waals surface area contributed by atoms with Crippen LogP contribution in [0.5, 0.6) is 11.5 Å². The van der Waals surface area contributed by atoms with Crippen LogP contribution in [0.1, 0.15) is 26.3 Å². The van der Waals surface area contributed by atoms with Gasteiger partial charge in [-0.3, -0.25) is 9.10 Å². The highest BCUT2D eigenvalue weighted by atomic mass is 32.2. The zero-order valence-corrected chi connectivity index (χ0v) is 22.9. The van der Waals surface area contributed by atoms with Gasteiger partial charge in [-0.25, -0.2) is 13.8 Å². The lowest BCUT2D eigenvalue weighted by molar-refractivity contribution is -0.119. The van der Waals surface area contributed by atoms with Crippen molar-refractivity contribution in [1.82, 2.24) is 5.43 Å². The number of carbonyl (C=O) groups excluding carboxylic acids is 1. The number of rotatable bonds is 12. The van der Waals surface area contributed by atoms with Crippen molar-refractivity contribution in [3.8, 4) is 11.5 Å². The Morgan fingerprint density at radius 3 is 2.19 bits per heavy atom. The minimum absolute atomic E-state index is 0.0666. The molecule has 0 saturated carbocycles. The molecule has 196 valence electrons. The lowest BCUT2D eigenvalue weighted by atomic mass is 10.2. The maximum absolute atomic E-state index is 13.5. The summed E-state index contributed by atoms with van der Waals surface area (Å²) in [6.45, 7) is 5.78. The van der Waals surface area contributed by atoms with Crippen LogP contribution < -0.4 is 19.2 Å². The number of benzene rings is 3. The Kier molecular flexibility index (Phi) is 9.99. The van der Waals surface area contributed by atoms with Gasteiger partial charge < -0.3 is 9.47 Å². The number of nitrogens with zero attached hydrogens (tertiary/aromatic N) is 2. The number of sulfonamides is 1. The molecule has 0 aliphatic carbocycles. The van der Waals surface area contributed by atoms with Crippen LogP contribution in [0.2, 0.25) is 0 Å². The maximum Gasteiger partial charge on any atom is 0.264 e. The first-order chi connectivity index (χ1) is 17.7. The molecule has 0 aliphatic rings. The van der Waals surface area contributed by atoms with E-state index in [-0.39, 0.29) is 11.0 Å². The van der Waals surface area contributed by atoms with Crippen molar-refractivity contribution in [2.75, 3.05) is 23.7 Å². The third kappa shape index (κ3) is 7.99. The molecule has 0 atom stereocenters. The molecule has 3 aromatic rings. The summed E-state index contributed by atoms with van der Waals surface area (Å²) in [6, 6.07) is 20.3. The first kappa shape index (κ1) is 28.1. The summed E-state index contributed by atoms with van der Waals surface area (Å²) < 4.78 is 39.2. The summed E-state index contributed by atoms with van der Waals surface area (Å²) in [5.41, 5.74) is 3.50. The van der Waals surface area contributed by atoms with E-state index in [1.54, 1.807) is 36.4 Å². The largest absolute Gasteiger partial charge is 0.494 e. The molecular weight excluding hydrogens is 510 g/mol. The van der Waals surface area contributed by atoms with Crippen molar-refractivity contribution in [3.63, 3.8) is 0 Å². The summed E-state index contributed by atoms with van der Waals surface area (Å²) in [6.07, 6.45) is 3.46. The first-order valence-electron chi connectivity index (χ1n) is 11.7. The van der Waals surface area contributed by atoms with Gasteiger partial charge in [-0.05, 0) is 105 Å². The van der Waals surface area contributed by atoms with Crippen LogP contribution in [0, 0.1) is 0 Å². The topological polar surface area (TPSA) is 97.3 Å². The summed E-state index contributed by atoms with van der Waals surface area (Å²) in [5.74, 6) is 0.749. The second-order valence-corrected chi connectivity index (χ2v) is 10.9. The minimum Gasteiger partial charge on any atom is -0.494 e. The lowest BCUT2D eigenvalue weighted by Gasteiger charge is -2.24. The maximum atomic E-state index is 13.5. The summed E-state index contributed by atoms with van der Waals surface area (Å²) in [4.78, 5) is 13.8. The molecule has 10 heteroatoms. The van der Waals surface area contributed by atoms with E-state index in [9.17, 15) is 13.2 Å². The Bertz CT molecular complexity index is 1290. The molecule has 0 unspecified atom stereocenters. The molecule has 1 N–H and O–H groups in total. The van der Waals surface area contributed by atoms with Crippen LogP contribution >= 0.6 is 11.8 Å². The van der Waals surface area contributed by atoms with Gasteiger partial charge in [0, 0.05) is 4.90 Å².